The summed E-state index contributed by atoms with van der Waals surface area (Å²) in [6.45, 7) is 0. The fourth-order valence-corrected chi connectivity index (χ4v) is 1.32. The third-order valence-corrected chi connectivity index (χ3v) is 2.17. The van der Waals surface area contributed by atoms with E-state index in [1.54, 1.807) is 18.2 Å². The normalized spacial score (nSPS) is 9.47. The summed E-state index contributed by atoms with van der Waals surface area (Å²) in [7, 11) is 1.49. The number of hydrogen-bond donors (Lipinski definition) is 2. The van der Waals surface area contributed by atoms with Gasteiger partial charge in [0, 0.05) is 24.2 Å². The van der Waals surface area contributed by atoms with Crippen LogP contribution < -0.4 is 15.8 Å². The molecular weight excluding hydrogens is 242 g/mol. The minimum atomic E-state index is -0.682. The maximum absolute atomic E-state index is 11.1. The van der Waals surface area contributed by atoms with Gasteiger partial charge in [-0.3, -0.25) is 4.79 Å². The second-order valence-electron chi connectivity index (χ2n) is 3.19. The first kappa shape index (κ1) is 13.0. The minimum Gasteiger partial charge on any atom is -0.497 e. The molecular formula is C10H11N3O3S. The van der Waals surface area contributed by atoms with Crippen molar-refractivity contribution in [3.8, 4) is 5.75 Å². The highest BCUT2D eigenvalue weighted by atomic mass is 32.1. The van der Waals surface area contributed by atoms with Crippen molar-refractivity contribution in [2.75, 3.05) is 12.4 Å². The van der Waals surface area contributed by atoms with E-state index in [9.17, 15) is 9.59 Å². The summed E-state index contributed by atoms with van der Waals surface area (Å²) in [5.74, 6) is 0.0406. The van der Waals surface area contributed by atoms with Crippen LogP contribution in [0.3, 0.4) is 0 Å². The lowest BCUT2D eigenvalue weighted by atomic mass is 10.1. The number of nitrogens with one attached hydrogen (secondary N) is 1. The van der Waals surface area contributed by atoms with Crippen molar-refractivity contribution < 1.29 is 14.3 Å². The molecule has 7 heteroatoms. The molecule has 0 spiro atoms. The van der Waals surface area contributed by atoms with Crippen LogP contribution in [0, 0.1) is 0 Å². The molecule has 0 aromatic heterocycles. The van der Waals surface area contributed by atoms with Gasteiger partial charge in [-0.05, 0) is 11.6 Å². The molecule has 0 fully saturated rings. The first-order valence-corrected chi connectivity index (χ1v) is 5.03. The van der Waals surface area contributed by atoms with E-state index < -0.39 is 11.9 Å². The molecule has 0 aliphatic carbocycles. The molecule has 0 radical (unpaired) electrons. The number of amides is 3. The number of ether oxygens (including phenoxy) is 1. The number of nitrogens with zero attached hydrogens (tertiary/aromatic N) is 1. The molecule has 1 aromatic carbocycles. The highest BCUT2D eigenvalue weighted by Crippen LogP contribution is 2.23. The van der Waals surface area contributed by atoms with Gasteiger partial charge in [0.2, 0.25) is 5.91 Å². The third kappa shape index (κ3) is 3.80. The highest BCUT2D eigenvalue weighted by molar-refractivity contribution is 7.47. The van der Waals surface area contributed by atoms with Crippen molar-refractivity contribution in [3.05, 3.63) is 23.8 Å². The summed E-state index contributed by atoms with van der Waals surface area (Å²) in [4.78, 5) is 21.9. The Hall–Kier alpha value is -2.02. The van der Waals surface area contributed by atoms with Crippen molar-refractivity contribution in [3.63, 3.8) is 0 Å². The van der Waals surface area contributed by atoms with Gasteiger partial charge < -0.3 is 15.8 Å². The Morgan fingerprint density at radius 3 is 2.76 bits per heavy atom. The largest absolute Gasteiger partial charge is 0.497 e. The summed E-state index contributed by atoms with van der Waals surface area (Å²) in [5, 5.41) is 2.44. The predicted octanol–water partition coefficient (Wildman–Crippen LogP) is 0.985. The number of urea groups is 1. The molecule has 1 aromatic rings. The molecule has 0 unspecified atom stereocenters. The Morgan fingerprint density at radius 2 is 2.24 bits per heavy atom. The number of methoxy groups -OCH3 is 1. The first-order chi connectivity index (χ1) is 8.06. The zero-order chi connectivity index (χ0) is 12.8. The molecule has 6 nitrogen and oxygen atoms in total. The van der Waals surface area contributed by atoms with E-state index in [-0.39, 0.29) is 6.42 Å². The Kier molecular flexibility index (Phi) is 4.53. The molecule has 1 rings (SSSR count). The van der Waals surface area contributed by atoms with E-state index in [1.807, 2.05) is 0 Å². The Labute approximate surface area is 103 Å². The van der Waals surface area contributed by atoms with Crippen LogP contribution in [0.2, 0.25) is 0 Å². The lowest BCUT2D eigenvalue weighted by Crippen LogP contribution is -2.16. The predicted molar refractivity (Wildman–Crippen MR) is 64.7 cm³/mol. The van der Waals surface area contributed by atoms with Crippen LogP contribution in [0.4, 0.5) is 10.5 Å². The van der Waals surface area contributed by atoms with Gasteiger partial charge in [-0.1, -0.05) is 6.07 Å². The molecule has 0 bridgehead atoms. The van der Waals surface area contributed by atoms with E-state index in [0.717, 1.165) is 0 Å². The number of carbonyl (C=O) groups excluding carboxylic acids is 2. The first-order valence-electron chi connectivity index (χ1n) is 4.66. The van der Waals surface area contributed by atoms with Gasteiger partial charge in [-0.25, -0.2) is 4.79 Å². The zero-order valence-electron chi connectivity index (χ0n) is 9.10. The van der Waals surface area contributed by atoms with Gasteiger partial charge in [-0.15, -0.1) is 4.36 Å². The fraction of sp³-hybridized carbons (Fsp3) is 0.200. The third-order valence-electron chi connectivity index (χ3n) is 2.01. The van der Waals surface area contributed by atoms with Gasteiger partial charge in [0.05, 0.1) is 13.5 Å². The van der Waals surface area contributed by atoms with Gasteiger partial charge in [0.25, 0.3) is 0 Å². The molecule has 0 aliphatic heterocycles. The van der Waals surface area contributed by atoms with Crippen LogP contribution in [0.15, 0.2) is 22.6 Å². The monoisotopic (exact) mass is 253 g/mol. The smallest absolute Gasteiger partial charge is 0.356 e. The molecule has 0 atom stereocenters. The number of nitrogens with two attached hydrogens (primary N) is 1. The minimum absolute atomic E-state index is 0.0109. The van der Waals surface area contributed by atoms with Gasteiger partial charge in [0.1, 0.15) is 5.75 Å². The average Bonchev–Trinajstić information content (AvgIpc) is 2.30. The van der Waals surface area contributed by atoms with Crippen molar-refractivity contribution >= 4 is 30.1 Å². The second kappa shape index (κ2) is 5.90. The van der Waals surface area contributed by atoms with E-state index in [2.05, 4.69) is 22.1 Å². The molecule has 90 valence electrons. The van der Waals surface area contributed by atoms with Crippen LogP contribution in [0.5, 0.6) is 5.75 Å². The van der Waals surface area contributed by atoms with E-state index >= 15 is 0 Å². The molecule has 0 aliphatic rings. The Balaban J connectivity index is 3.06. The number of rotatable bonds is 4. The number of anilines is 1. The SMILES string of the molecule is COc1ccc(CC(N)=O)c(NC(=O)N=S)c1. The number of benzene rings is 1. The summed E-state index contributed by atoms with van der Waals surface area (Å²) in [6, 6.07) is 4.19. The van der Waals surface area contributed by atoms with E-state index in [0.29, 0.717) is 17.0 Å². The summed E-state index contributed by atoms with van der Waals surface area (Å²) in [6.07, 6.45) is 0.0109. The van der Waals surface area contributed by atoms with Crippen molar-refractivity contribution in [2.45, 2.75) is 6.42 Å². The lowest BCUT2D eigenvalue weighted by Gasteiger charge is -2.09. The summed E-state index contributed by atoms with van der Waals surface area (Å²) >= 11 is 4.26. The van der Waals surface area contributed by atoms with Crippen LogP contribution in [-0.2, 0) is 23.6 Å². The van der Waals surface area contributed by atoms with Crippen LogP contribution in [0.25, 0.3) is 0 Å². The van der Waals surface area contributed by atoms with Crippen molar-refractivity contribution in [1.82, 2.24) is 0 Å². The molecule has 0 saturated heterocycles. The second-order valence-corrected chi connectivity index (χ2v) is 3.37. The number of hydrogen-bond acceptors (Lipinski definition) is 4. The summed E-state index contributed by atoms with van der Waals surface area (Å²) in [5.41, 5.74) is 6.08. The average molecular weight is 253 g/mol. The summed E-state index contributed by atoms with van der Waals surface area (Å²) < 4.78 is 8.04. The van der Waals surface area contributed by atoms with Gasteiger partial charge >= 0.3 is 6.03 Å². The van der Waals surface area contributed by atoms with Crippen LogP contribution in [-0.4, -0.2) is 19.0 Å². The lowest BCUT2D eigenvalue weighted by molar-refractivity contribution is -0.117. The topological polar surface area (TPSA) is 93.8 Å². The van der Waals surface area contributed by atoms with Crippen LogP contribution in [0.1, 0.15) is 5.56 Å². The molecule has 17 heavy (non-hydrogen) atoms. The fourth-order valence-electron chi connectivity index (χ4n) is 1.28. The van der Waals surface area contributed by atoms with E-state index in [4.69, 9.17) is 10.5 Å². The quantitative estimate of drug-likeness (QED) is 0.836. The van der Waals surface area contributed by atoms with Gasteiger partial charge in [-0.2, -0.15) is 0 Å². The standard InChI is InChI=1S/C10H11N3O3S/c1-16-7-3-2-6(4-9(11)14)8(5-7)12-10(15)13-17/h2-3,5H,4H2,1H3,(H2,11,14)(H,12,15). The molecule has 3 N–H and O–H groups in total. The molecule has 3 amide bonds. The van der Waals surface area contributed by atoms with Crippen molar-refractivity contribution in [1.29, 1.82) is 0 Å². The molecule has 0 saturated carbocycles. The van der Waals surface area contributed by atoms with Crippen LogP contribution >= 0.6 is 0 Å². The number of primary amides is 1. The Morgan fingerprint density at radius 1 is 1.53 bits per heavy atom. The van der Waals surface area contributed by atoms with E-state index in [1.165, 1.54) is 7.11 Å². The van der Waals surface area contributed by atoms with Crippen molar-refractivity contribution in [2.24, 2.45) is 10.1 Å². The zero-order valence-corrected chi connectivity index (χ0v) is 9.91. The maximum atomic E-state index is 11.1. The number of carbonyl (C=O) groups is 2. The molecule has 0 heterocycles. The Bertz CT molecular complexity index is 462. The maximum Gasteiger partial charge on any atom is 0.356 e. The van der Waals surface area contributed by atoms with Gasteiger partial charge in [0.15, 0.2) is 0 Å². The highest BCUT2D eigenvalue weighted by Gasteiger charge is 2.09.